The summed E-state index contributed by atoms with van der Waals surface area (Å²) < 4.78 is 19.7. The number of rotatable bonds is 4. The van der Waals surface area contributed by atoms with E-state index in [1.807, 2.05) is 0 Å². The van der Waals surface area contributed by atoms with Gasteiger partial charge in [-0.05, 0) is 43.9 Å². The molecule has 104 valence electrons. The van der Waals surface area contributed by atoms with Crippen molar-refractivity contribution in [2.75, 3.05) is 13.1 Å². The molecular formula is C14H16Cl2FNO. The highest BCUT2D eigenvalue weighted by Gasteiger charge is 2.39. The van der Waals surface area contributed by atoms with E-state index in [-0.39, 0.29) is 16.1 Å². The zero-order valence-electron chi connectivity index (χ0n) is 10.5. The Kier molecular flexibility index (Phi) is 3.88. The van der Waals surface area contributed by atoms with Crippen molar-refractivity contribution in [3.05, 3.63) is 28.0 Å². The average molecular weight is 304 g/mol. The van der Waals surface area contributed by atoms with Crippen molar-refractivity contribution >= 4 is 23.2 Å². The maximum absolute atomic E-state index is 13.7. The number of nitrogens with one attached hydrogen (secondary N) is 1. The lowest BCUT2D eigenvalue weighted by Gasteiger charge is -2.25. The predicted molar refractivity (Wildman–Crippen MR) is 74.5 cm³/mol. The summed E-state index contributed by atoms with van der Waals surface area (Å²) in [4.78, 5) is 0. The molecule has 1 aromatic rings. The second-order valence-electron chi connectivity index (χ2n) is 5.35. The number of hydrogen-bond donors (Lipinski definition) is 1. The molecule has 5 heteroatoms. The van der Waals surface area contributed by atoms with Gasteiger partial charge >= 0.3 is 0 Å². The lowest BCUT2D eigenvalue weighted by molar-refractivity contribution is 0.120. The molecule has 0 aromatic heterocycles. The Balaban J connectivity index is 1.80. The van der Waals surface area contributed by atoms with Gasteiger partial charge in [0.15, 0.2) is 5.82 Å². The van der Waals surface area contributed by atoms with E-state index in [9.17, 15) is 4.39 Å². The first-order chi connectivity index (χ1) is 9.16. The summed E-state index contributed by atoms with van der Waals surface area (Å²) in [5.74, 6) is 0.884. The second kappa shape index (κ2) is 5.47. The quantitative estimate of drug-likeness (QED) is 0.852. The first-order valence-electron chi connectivity index (χ1n) is 6.67. The van der Waals surface area contributed by atoms with Crippen LogP contribution in [0.2, 0.25) is 10.0 Å². The topological polar surface area (TPSA) is 21.3 Å². The number of ether oxygens (including phenoxy) is 1. The molecular weight excluding hydrogens is 288 g/mol. The van der Waals surface area contributed by atoms with Gasteiger partial charge in [-0.2, -0.15) is 0 Å². The monoisotopic (exact) mass is 303 g/mol. The Labute approximate surface area is 122 Å². The lowest BCUT2D eigenvalue weighted by atomic mass is 9.97. The van der Waals surface area contributed by atoms with Crippen LogP contribution in [-0.2, 0) is 0 Å². The predicted octanol–water partition coefficient (Wildman–Crippen LogP) is 3.90. The van der Waals surface area contributed by atoms with Crippen molar-refractivity contribution in [3.63, 3.8) is 0 Å². The summed E-state index contributed by atoms with van der Waals surface area (Å²) in [5, 5.41) is 3.37. The van der Waals surface area contributed by atoms with Gasteiger partial charge < -0.3 is 10.1 Å². The van der Waals surface area contributed by atoms with Gasteiger partial charge in [-0.15, -0.1) is 0 Å². The minimum atomic E-state index is -0.597. The summed E-state index contributed by atoms with van der Waals surface area (Å²) in [6.07, 6.45) is 3.62. The highest BCUT2D eigenvalue weighted by atomic mass is 35.5. The Morgan fingerprint density at radius 3 is 2.63 bits per heavy atom. The van der Waals surface area contributed by atoms with Crippen LogP contribution in [0.4, 0.5) is 4.39 Å². The van der Waals surface area contributed by atoms with Gasteiger partial charge in [0.05, 0.1) is 5.02 Å². The molecule has 3 rings (SSSR count). The Hall–Kier alpha value is -0.510. The third-order valence-corrected chi connectivity index (χ3v) is 4.56. The summed E-state index contributed by atoms with van der Waals surface area (Å²) >= 11 is 11.7. The van der Waals surface area contributed by atoms with Crippen molar-refractivity contribution in [3.8, 4) is 5.75 Å². The molecule has 1 unspecified atom stereocenters. The van der Waals surface area contributed by atoms with Crippen molar-refractivity contribution in [2.24, 2.45) is 11.8 Å². The molecule has 1 saturated carbocycles. The minimum Gasteiger partial charge on any atom is -0.488 e. The minimum absolute atomic E-state index is 0.0101. The fourth-order valence-corrected chi connectivity index (χ4v) is 3.12. The van der Waals surface area contributed by atoms with E-state index in [1.54, 1.807) is 6.07 Å². The number of benzene rings is 1. The highest BCUT2D eigenvalue weighted by molar-refractivity contribution is 6.35. The molecule has 1 saturated heterocycles. The highest BCUT2D eigenvalue weighted by Crippen LogP contribution is 2.41. The molecule has 2 fully saturated rings. The lowest BCUT2D eigenvalue weighted by Crippen LogP contribution is -2.31. The molecule has 1 heterocycles. The molecule has 0 bridgehead atoms. The van der Waals surface area contributed by atoms with Crippen LogP contribution in [0, 0.1) is 17.7 Å². The van der Waals surface area contributed by atoms with Crippen LogP contribution in [0.3, 0.4) is 0 Å². The van der Waals surface area contributed by atoms with Crippen molar-refractivity contribution in [1.82, 2.24) is 5.32 Å². The molecule has 0 spiro atoms. The number of hydrogen-bond acceptors (Lipinski definition) is 2. The Morgan fingerprint density at radius 1 is 1.21 bits per heavy atom. The molecule has 0 radical (unpaired) electrons. The molecule has 0 amide bonds. The van der Waals surface area contributed by atoms with E-state index in [2.05, 4.69) is 5.32 Å². The fraction of sp³-hybridized carbons (Fsp3) is 0.571. The van der Waals surface area contributed by atoms with Crippen LogP contribution >= 0.6 is 23.2 Å². The standard InChI is InChI=1S/C14H16Cl2FNO/c15-10-3-4-11(12(16)13(10)17)19-14(8-1-2-8)9-5-6-18-7-9/h3-4,8-9,14,18H,1-2,5-7H2/t9-,14?/m0/s1. The molecule has 1 aliphatic carbocycles. The van der Waals surface area contributed by atoms with Gasteiger partial charge in [0.1, 0.15) is 16.9 Å². The molecule has 2 aliphatic rings. The molecule has 1 aromatic carbocycles. The second-order valence-corrected chi connectivity index (χ2v) is 6.13. The average Bonchev–Trinajstić information content (AvgIpc) is 3.10. The SMILES string of the molecule is Fc1c(Cl)ccc(OC(C2CC2)[C@H]2CCNC2)c1Cl. The van der Waals surface area contributed by atoms with Gasteiger partial charge in [-0.3, -0.25) is 0 Å². The van der Waals surface area contributed by atoms with Crippen LogP contribution in [-0.4, -0.2) is 19.2 Å². The first kappa shape index (κ1) is 13.5. The van der Waals surface area contributed by atoms with Crippen LogP contribution < -0.4 is 10.1 Å². The van der Waals surface area contributed by atoms with Gasteiger partial charge in [0.25, 0.3) is 0 Å². The van der Waals surface area contributed by atoms with Crippen LogP contribution in [0.5, 0.6) is 5.75 Å². The Bertz CT molecular complexity index is 473. The van der Waals surface area contributed by atoms with Crippen molar-refractivity contribution < 1.29 is 9.13 Å². The van der Waals surface area contributed by atoms with E-state index >= 15 is 0 Å². The number of halogens is 3. The molecule has 19 heavy (non-hydrogen) atoms. The van der Waals surface area contributed by atoms with Crippen LogP contribution in [0.25, 0.3) is 0 Å². The van der Waals surface area contributed by atoms with E-state index in [1.165, 1.54) is 18.9 Å². The maximum atomic E-state index is 13.7. The Morgan fingerprint density at radius 2 is 2.00 bits per heavy atom. The zero-order valence-corrected chi connectivity index (χ0v) is 12.0. The van der Waals surface area contributed by atoms with Crippen molar-refractivity contribution in [1.29, 1.82) is 0 Å². The van der Waals surface area contributed by atoms with Gasteiger partial charge in [0.2, 0.25) is 0 Å². The van der Waals surface area contributed by atoms with Gasteiger partial charge in [-0.1, -0.05) is 23.2 Å². The van der Waals surface area contributed by atoms with E-state index < -0.39 is 5.82 Å². The maximum Gasteiger partial charge on any atom is 0.164 e. The summed E-state index contributed by atoms with van der Waals surface area (Å²) in [5.41, 5.74) is 0. The van der Waals surface area contributed by atoms with Gasteiger partial charge in [-0.25, -0.2) is 4.39 Å². The zero-order chi connectivity index (χ0) is 13.4. The van der Waals surface area contributed by atoms with Crippen LogP contribution in [0.15, 0.2) is 12.1 Å². The fourth-order valence-electron chi connectivity index (χ4n) is 2.71. The smallest absolute Gasteiger partial charge is 0.164 e. The summed E-state index contributed by atoms with van der Waals surface area (Å²) in [6.45, 7) is 1.99. The molecule has 1 aliphatic heterocycles. The van der Waals surface area contributed by atoms with E-state index in [0.29, 0.717) is 17.6 Å². The molecule has 2 atom stereocenters. The first-order valence-corrected chi connectivity index (χ1v) is 7.43. The summed E-state index contributed by atoms with van der Waals surface area (Å²) in [6, 6.07) is 3.15. The third-order valence-electron chi connectivity index (χ3n) is 3.91. The van der Waals surface area contributed by atoms with Gasteiger partial charge in [0, 0.05) is 12.5 Å². The van der Waals surface area contributed by atoms with E-state index in [0.717, 1.165) is 19.5 Å². The molecule has 1 N–H and O–H groups in total. The van der Waals surface area contributed by atoms with Crippen molar-refractivity contribution in [2.45, 2.75) is 25.4 Å². The van der Waals surface area contributed by atoms with E-state index in [4.69, 9.17) is 27.9 Å². The largest absolute Gasteiger partial charge is 0.488 e. The summed E-state index contributed by atoms with van der Waals surface area (Å²) in [7, 11) is 0. The molecule has 2 nitrogen and oxygen atoms in total. The van der Waals surface area contributed by atoms with Crippen LogP contribution in [0.1, 0.15) is 19.3 Å². The normalized spacial score (nSPS) is 24.5. The third kappa shape index (κ3) is 2.83.